The predicted molar refractivity (Wildman–Crippen MR) is 156 cm³/mol. The van der Waals surface area contributed by atoms with Gasteiger partial charge in [0.15, 0.2) is 0 Å². The topological polar surface area (TPSA) is 83.8 Å². The number of hydrazone groups is 1. The molecule has 0 unspecified atom stereocenters. The molecule has 0 aliphatic rings. The van der Waals surface area contributed by atoms with Crippen LogP contribution in [-0.2, 0) is 21.2 Å². The summed E-state index contributed by atoms with van der Waals surface area (Å²) >= 11 is 12.3. The number of hydrogen-bond acceptors (Lipinski definition) is 4. The molecule has 1 N–H and O–H groups in total. The third kappa shape index (κ3) is 6.96. The number of carbonyl (C=O) groups excluding carboxylic acids is 1. The zero-order chi connectivity index (χ0) is 28.0. The Hall–Kier alpha value is -3.43. The van der Waals surface area contributed by atoms with E-state index in [1.165, 1.54) is 30.5 Å². The first-order valence-corrected chi connectivity index (χ1v) is 14.4. The van der Waals surface area contributed by atoms with Gasteiger partial charge in [0.05, 0.1) is 28.4 Å². The Balaban J connectivity index is 1.49. The predicted octanol–water partition coefficient (Wildman–Crippen LogP) is 5.78. The Morgan fingerprint density at radius 1 is 0.974 bits per heavy atom. The highest BCUT2D eigenvalue weighted by atomic mass is 35.5. The number of aromatic nitrogens is 1. The lowest BCUT2D eigenvalue weighted by molar-refractivity contribution is -0.121. The molecule has 0 atom stereocenters. The quantitative estimate of drug-likeness (QED) is 0.190. The van der Waals surface area contributed by atoms with Crippen LogP contribution >= 0.6 is 23.2 Å². The van der Waals surface area contributed by atoms with E-state index in [1.807, 2.05) is 79.1 Å². The smallest absolute Gasteiger partial charge is 0.255 e. The van der Waals surface area contributed by atoms with E-state index in [2.05, 4.69) is 10.5 Å². The van der Waals surface area contributed by atoms with E-state index < -0.39 is 22.5 Å². The largest absolute Gasteiger partial charge is 0.316 e. The summed E-state index contributed by atoms with van der Waals surface area (Å²) in [6, 6.07) is 24.8. The Morgan fingerprint density at radius 2 is 1.64 bits per heavy atom. The minimum Gasteiger partial charge on any atom is -0.316 e. The van der Waals surface area contributed by atoms with Crippen LogP contribution in [0.2, 0.25) is 10.0 Å². The lowest BCUT2D eigenvalue weighted by atomic mass is 10.1. The van der Waals surface area contributed by atoms with Gasteiger partial charge in [-0.15, -0.1) is 0 Å². The Bertz CT molecular complexity index is 1580. The van der Waals surface area contributed by atoms with Gasteiger partial charge in [0.25, 0.3) is 5.91 Å². The van der Waals surface area contributed by atoms with Crippen molar-refractivity contribution in [2.75, 3.05) is 13.1 Å². The molecule has 39 heavy (non-hydrogen) atoms. The average Bonchev–Trinajstić information content (AvgIpc) is 3.20. The second kappa shape index (κ2) is 12.6. The van der Waals surface area contributed by atoms with Crippen molar-refractivity contribution in [2.24, 2.45) is 5.10 Å². The summed E-state index contributed by atoms with van der Waals surface area (Å²) in [4.78, 5) is 12.9. The molecule has 7 nitrogen and oxygen atoms in total. The zero-order valence-corrected chi connectivity index (χ0v) is 23.8. The van der Waals surface area contributed by atoms with Crippen LogP contribution in [-0.4, -0.2) is 42.5 Å². The summed E-state index contributed by atoms with van der Waals surface area (Å²) in [5.41, 5.74) is 6.92. The summed E-state index contributed by atoms with van der Waals surface area (Å²) in [7, 11) is -3.96. The molecule has 4 rings (SSSR count). The highest BCUT2D eigenvalue weighted by Gasteiger charge is 2.26. The van der Waals surface area contributed by atoms with Crippen LogP contribution in [0.15, 0.2) is 94.9 Å². The van der Waals surface area contributed by atoms with Gasteiger partial charge in [-0.3, -0.25) is 4.79 Å². The maximum absolute atomic E-state index is 13.4. The first-order valence-electron chi connectivity index (χ1n) is 12.2. The third-order valence-corrected chi connectivity index (χ3v) is 8.65. The van der Waals surface area contributed by atoms with E-state index in [9.17, 15) is 13.2 Å². The fourth-order valence-electron chi connectivity index (χ4n) is 4.23. The molecule has 0 aliphatic heterocycles. The number of carbonyl (C=O) groups is 1. The summed E-state index contributed by atoms with van der Waals surface area (Å²) in [6.07, 6.45) is 1.98. The van der Waals surface area contributed by atoms with Crippen molar-refractivity contribution in [3.8, 4) is 5.69 Å². The number of halogens is 2. The van der Waals surface area contributed by atoms with Crippen LogP contribution in [0.1, 0.15) is 22.5 Å². The van der Waals surface area contributed by atoms with Crippen molar-refractivity contribution in [2.45, 2.75) is 25.2 Å². The first-order chi connectivity index (χ1) is 18.7. The number of hydrogen-bond donors (Lipinski definition) is 1. The maximum atomic E-state index is 13.4. The molecule has 0 aliphatic carbocycles. The van der Waals surface area contributed by atoms with Gasteiger partial charge in [0.2, 0.25) is 10.0 Å². The van der Waals surface area contributed by atoms with Crippen LogP contribution in [0.5, 0.6) is 0 Å². The second-order valence-corrected chi connectivity index (χ2v) is 11.7. The molecule has 0 fully saturated rings. The highest BCUT2D eigenvalue weighted by Crippen LogP contribution is 2.25. The normalized spacial score (nSPS) is 11.8. The molecular formula is C29H28Cl2N4O3S. The van der Waals surface area contributed by atoms with E-state index >= 15 is 0 Å². The average molecular weight is 584 g/mol. The standard InChI is InChI=1S/C29H28Cl2N4O3S/c1-21-18-24(22(2)35(21)28-11-7-6-10-27(28)31)19-32-33-29(36)20-34(17-16-23-8-4-3-5-9-23)39(37,38)26-14-12-25(30)13-15-26/h3-15,18-19H,16-17,20H2,1-2H3,(H,33,36)/b32-19+. The number of rotatable bonds is 10. The number of amides is 1. The van der Waals surface area contributed by atoms with Crippen LogP contribution in [0, 0.1) is 13.8 Å². The molecular weight excluding hydrogens is 555 g/mol. The molecule has 1 amide bonds. The van der Waals surface area contributed by atoms with Gasteiger partial charge >= 0.3 is 0 Å². The Labute approximate surface area is 238 Å². The number of aryl methyl sites for hydroxylation is 1. The summed E-state index contributed by atoms with van der Waals surface area (Å²) in [5, 5.41) is 5.14. The molecule has 10 heteroatoms. The summed E-state index contributed by atoms with van der Waals surface area (Å²) < 4.78 is 29.9. The molecule has 202 valence electrons. The lowest BCUT2D eigenvalue weighted by Crippen LogP contribution is -2.40. The second-order valence-electron chi connectivity index (χ2n) is 8.93. The number of nitrogens with zero attached hydrogens (tertiary/aromatic N) is 3. The number of nitrogens with one attached hydrogen (secondary N) is 1. The third-order valence-electron chi connectivity index (χ3n) is 6.22. The first kappa shape index (κ1) is 28.6. The fraction of sp³-hybridized carbons (Fsp3) is 0.172. The van der Waals surface area contributed by atoms with Crippen molar-refractivity contribution >= 4 is 45.3 Å². The Kier molecular flexibility index (Phi) is 9.24. The van der Waals surface area contributed by atoms with Crippen molar-refractivity contribution in [3.05, 3.63) is 117 Å². The van der Waals surface area contributed by atoms with E-state index in [-0.39, 0.29) is 11.4 Å². The number of para-hydroxylation sites is 1. The molecule has 0 saturated carbocycles. The van der Waals surface area contributed by atoms with Crippen LogP contribution in [0.4, 0.5) is 0 Å². The minimum absolute atomic E-state index is 0.0586. The van der Waals surface area contributed by atoms with Gasteiger partial charge in [0, 0.05) is 28.5 Å². The van der Waals surface area contributed by atoms with Crippen LogP contribution in [0.25, 0.3) is 5.69 Å². The van der Waals surface area contributed by atoms with E-state index in [1.54, 1.807) is 0 Å². The molecule has 0 saturated heterocycles. The minimum atomic E-state index is -3.96. The molecule has 0 radical (unpaired) electrons. The SMILES string of the molecule is Cc1cc(/C=N/NC(=O)CN(CCc2ccccc2)S(=O)(=O)c2ccc(Cl)cc2)c(C)n1-c1ccccc1Cl. The van der Waals surface area contributed by atoms with Crippen molar-refractivity contribution in [3.63, 3.8) is 0 Å². The van der Waals surface area contributed by atoms with Crippen LogP contribution < -0.4 is 5.43 Å². The van der Waals surface area contributed by atoms with Crippen molar-refractivity contribution in [1.82, 2.24) is 14.3 Å². The van der Waals surface area contributed by atoms with Crippen molar-refractivity contribution in [1.29, 1.82) is 0 Å². The fourth-order valence-corrected chi connectivity index (χ4v) is 5.97. The van der Waals surface area contributed by atoms with Gasteiger partial charge < -0.3 is 4.57 Å². The van der Waals surface area contributed by atoms with Gasteiger partial charge in [0.1, 0.15) is 0 Å². The zero-order valence-electron chi connectivity index (χ0n) is 21.5. The van der Waals surface area contributed by atoms with Crippen LogP contribution in [0.3, 0.4) is 0 Å². The molecule has 0 spiro atoms. The van der Waals surface area contributed by atoms with E-state index in [0.717, 1.165) is 32.5 Å². The monoisotopic (exact) mass is 582 g/mol. The Morgan fingerprint density at radius 3 is 2.33 bits per heavy atom. The highest BCUT2D eigenvalue weighted by molar-refractivity contribution is 7.89. The van der Waals surface area contributed by atoms with E-state index in [4.69, 9.17) is 23.2 Å². The number of benzene rings is 3. The molecule has 0 bridgehead atoms. The van der Waals surface area contributed by atoms with Gasteiger partial charge in [-0.2, -0.15) is 9.41 Å². The molecule has 1 aromatic heterocycles. The van der Waals surface area contributed by atoms with E-state index in [0.29, 0.717) is 16.5 Å². The summed E-state index contributed by atoms with van der Waals surface area (Å²) in [5.74, 6) is -0.559. The molecule has 4 aromatic rings. The van der Waals surface area contributed by atoms with Gasteiger partial charge in [-0.25, -0.2) is 13.8 Å². The molecule has 3 aromatic carbocycles. The van der Waals surface area contributed by atoms with Gasteiger partial charge in [-0.1, -0.05) is 65.7 Å². The number of sulfonamides is 1. The van der Waals surface area contributed by atoms with Gasteiger partial charge in [-0.05, 0) is 68.3 Å². The van der Waals surface area contributed by atoms with Crippen molar-refractivity contribution < 1.29 is 13.2 Å². The summed E-state index contributed by atoms with van der Waals surface area (Å²) in [6.45, 7) is 3.61. The lowest BCUT2D eigenvalue weighted by Gasteiger charge is -2.21. The maximum Gasteiger partial charge on any atom is 0.255 e. The molecule has 1 heterocycles.